The Hall–Kier alpha value is -3.68. The minimum absolute atomic E-state index is 0.0981. The number of fused-ring (bicyclic) bond motifs is 1. The van der Waals surface area contributed by atoms with Crippen molar-refractivity contribution in [2.45, 2.75) is 90.4 Å². The lowest BCUT2D eigenvalue weighted by Gasteiger charge is -2.42. The molecule has 2 saturated carbocycles. The molecule has 234 valence electrons. The van der Waals surface area contributed by atoms with Gasteiger partial charge < -0.3 is 20.3 Å². The van der Waals surface area contributed by atoms with Gasteiger partial charge in [-0.3, -0.25) is 19.4 Å². The van der Waals surface area contributed by atoms with Crippen molar-refractivity contribution in [2.75, 3.05) is 6.54 Å². The quantitative estimate of drug-likeness (QED) is 0.430. The van der Waals surface area contributed by atoms with Crippen molar-refractivity contribution in [3.63, 3.8) is 0 Å². The molecule has 0 radical (unpaired) electrons. The third-order valence-corrected chi connectivity index (χ3v) is 10.7. The van der Waals surface area contributed by atoms with Crippen LogP contribution in [0.4, 0.5) is 13.2 Å². The summed E-state index contributed by atoms with van der Waals surface area (Å²) in [5, 5.41) is 17.2. The largest absolute Gasteiger partial charge is 0.471 e. The molecule has 6 atom stereocenters. The Morgan fingerprint density at radius 1 is 1.25 bits per heavy atom. The molecule has 3 amide bonds. The van der Waals surface area contributed by atoms with E-state index in [2.05, 4.69) is 22.3 Å². The Morgan fingerprint density at radius 2 is 1.93 bits per heavy atom. The Balaban J connectivity index is 1.43. The van der Waals surface area contributed by atoms with E-state index in [4.69, 9.17) is 11.2 Å². The first-order valence-corrected chi connectivity index (χ1v) is 15.1. The lowest BCUT2D eigenvalue weighted by molar-refractivity contribution is -0.178. The average molecular weight is 630 g/mol. The van der Waals surface area contributed by atoms with E-state index in [9.17, 15) is 32.8 Å². The standard InChI is InChI=1S/C31H34F3N5O4S/c1-8-17-13-44-20-12-36-11-18(21(17)20)9-19(10-35)37-24(40)23-30-14-29(30,28(30,6)7)15-39(23)25(41)22(16(2)43-27(3,4)5)38-26(42)31(32,33)34/h1,11-13,16,19,22-23H,9,14-15H2,2-7H3,(H,37,40)(H,38,42)/t16-,19?,22+,23-,29?,30?/m1/s1. The number of piperidine rings is 2. The van der Waals surface area contributed by atoms with Gasteiger partial charge in [-0.25, -0.2) is 0 Å². The third-order valence-electron chi connectivity index (χ3n) is 9.74. The van der Waals surface area contributed by atoms with E-state index in [0.29, 0.717) is 17.5 Å². The number of thiophene rings is 1. The number of carbonyl (C=O) groups excluding carboxylic acids is 3. The lowest BCUT2D eigenvalue weighted by Crippen LogP contribution is -2.63. The molecule has 2 aromatic heterocycles. The minimum atomic E-state index is -5.23. The first-order chi connectivity index (χ1) is 20.3. The first-order valence-electron chi connectivity index (χ1n) is 14.2. The summed E-state index contributed by atoms with van der Waals surface area (Å²) in [5.74, 6) is -1.08. The van der Waals surface area contributed by atoms with Crippen LogP contribution in [0, 0.1) is 39.9 Å². The van der Waals surface area contributed by atoms with Crippen LogP contribution in [-0.4, -0.2) is 70.2 Å². The van der Waals surface area contributed by atoms with Crippen molar-refractivity contribution in [3.8, 4) is 18.4 Å². The molecule has 0 aromatic carbocycles. The summed E-state index contributed by atoms with van der Waals surface area (Å²) in [4.78, 5) is 45.5. The number of amides is 3. The van der Waals surface area contributed by atoms with Crippen molar-refractivity contribution in [3.05, 3.63) is 28.9 Å². The predicted octanol–water partition coefficient (Wildman–Crippen LogP) is 3.71. The van der Waals surface area contributed by atoms with Crippen LogP contribution in [0.1, 0.15) is 59.1 Å². The molecule has 3 fully saturated rings. The van der Waals surface area contributed by atoms with Gasteiger partial charge in [-0.15, -0.1) is 17.8 Å². The zero-order valence-electron chi connectivity index (χ0n) is 25.3. The van der Waals surface area contributed by atoms with Gasteiger partial charge in [-0.1, -0.05) is 19.8 Å². The van der Waals surface area contributed by atoms with Crippen LogP contribution in [0.25, 0.3) is 10.1 Å². The highest BCUT2D eigenvalue weighted by Gasteiger charge is 3.02. The highest BCUT2D eigenvalue weighted by atomic mass is 32.1. The number of nitriles is 1. The van der Waals surface area contributed by atoms with Crippen molar-refractivity contribution in [1.29, 1.82) is 5.26 Å². The summed E-state index contributed by atoms with van der Waals surface area (Å²) in [6, 6.07) is -1.65. The molecule has 3 heterocycles. The second-order valence-electron chi connectivity index (χ2n) is 13.5. The highest BCUT2D eigenvalue weighted by Crippen LogP contribution is 3.00. The number of likely N-dealkylation sites (tertiary alicyclic amines) is 1. The molecule has 13 heteroatoms. The topological polar surface area (TPSA) is 124 Å². The summed E-state index contributed by atoms with van der Waals surface area (Å²) in [6.07, 6.45) is 3.32. The van der Waals surface area contributed by atoms with Crippen LogP contribution in [0.5, 0.6) is 0 Å². The average Bonchev–Trinajstić information content (AvgIpc) is 3.47. The molecule has 3 unspecified atom stereocenters. The third kappa shape index (κ3) is 4.72. The maximum absolute atomic E-state index is 14.0. The van der Waals surface area contributed by atoms with E-state index in [1.807, 2.05) is 24.5 Å². The van der Waals surface area contributed by atoms with Gasteiger partial charge in [0.25, 0.3) is 0 Å². The molecule has 1 aliphatic heterocycles. The maximum atomic E-state index is 14.0. The number of nitrogens with zero attached hydrogens (tertiary/aromatic N) is 3. The van der Waals surface area contributed by atoms with E-state index in [-0.39, 0.29) is 23.8 Å². The van der Waals surface area contributed by atoms with Crippen LogP contribution in [0.15, 0.2) is 17.8 Å². The molecule has 2 N–H and O–H groups in total. The number of ether oxygens (including phenoxy) is 1. The molecule has 0 bridgehead atoms. The molecule has 0 spiro atoms. The van der Waals surface area contributed by atoms with Crippen molar-refractivity contribution in [1.82, 2.24) is 20.5 Å². The normalized spacial score (nSPS) is 26.8. The number of aromatic nitrogens is 1. The molecule has 1 saturated heterocycles. The van der Waals surface area contributed by atoms with Crippen LogP contribution >= 0.6 is 11.3 Å². The fourth-order valence-corrected chi connectivity index (χ4v) is 8.51. The second kappa shape index (κ2) is 10.2. The van der Waals surface area contributed by atoms with Gasteiger partial charge in [0.05, 0.1) is 22.5 Å². The number of hydrogen-bond acceptors (Lipinski definition) is 7. The Morgan fingerprint density at radius 3 is 2.50 bits per heavy atom. The van der Waals surface area contributed by atoms with Gasteiger partial charge >= 0.3 is 12.1 Å². The maximum Gasteiger partial charge on any atom is 0.471 e. The zero-order chi connectivity index (χ0) is 32.6. The fraction of sp³-hybridized carbons (Fsp3) is 0.581. The summed E-state index contributed by atoms with van der Waals surface area (Å²) in [6.45, 7) is 10.6. The Kier molecular flexibility index (Phi) is 7.34. The smallest absolute Gasteiger partial charge is 0.370 e. The lowest BCUT2D eigenvalue weighted by atomic mass is 9.80. The number of hydrogen-bond donors (Lipinski definition) is 2. The van der Waals surface area contributed by atoms with Crippen LogP contribution < -0.4 is 10.6 Å². The van der Waals surface area contributed by atoms with E-state index >= 15 is 0 Å². The monoisotopic (exact) mass is 629 g/mol. The van der Waals surface area contributed by atoms with E-state index in [1.165, 1.54) is 23.2 Å². The fourth-order valence-electron chi connectivity index (χ4n) is 7.60. The molecule has 5 rings (SSSR count). The molecule has 9 nitrogen and oxygen atoms in total. The molecule has 3 aliphatic rings. The molecular weight excluding hydrogens is 595 g/mol. The van der Waals surface area contributed by atoms with E-state index in [1.54, 1.807) is 33.2 Å². The molecular formula is C31H34F3N5O4S. The molecule has 2 aliphatic carbocycles. The second-order valence-corrected chi connectivity index (χ2v) is 14.4. The van der Waals surface area contributed by atoms with Gasteiger partial charge in [-0.2, -0.15) is 18.4 Å². The van der Waals surface area contributed by atoms with Crippen molar-refractivity contribution >= 4 is 39.1 Å². The minimum Gasteiger partial charge on any atom is -0.370 e. The van der Waals surface area contributed by atoms with Crippen LogP contribution in [0.3, 0.4) is 0 Å². The number of rotatable bonds is 8. The van der Waals surface area contributed by atoms with Crippen LogP contribution in [-0.2, 0) is 25.5 Å². The van der Waals surface area contributed by atoms with Gasteiger partial charge in [0.1, 0.15) is 18.1 Å². The summed E-state index contributed by atoms with van der Waals surface area (Å²) in [7, 11) is 0. The number of alkyl halides is 3. The molecule has 2 aromatic rings. The number of pyridine rings is 1. The van der Waals surface area contributed by atoms with Crippen LogP contribution in [0.2, 0.25) is 0 Å². The van der Waals surface area contributed by atoms with E-state index < -0.39 is 59.1 Å². The van der Waals surface area contributed by atoms with Gasteiger partial charge in [0, 0.05) is 52.5 Å². The molecule has 44 heavy (non-hydrogen) atoms. The zero-order valence-corrected chi connectivity index (χ0v) is 26.1. The van der Waals surface area contributed by atoms with E-state index in [0.717, 1.165) is 10.1 Å². The van der Waals surface area contributed by atoms with Gasteiger partial charge in [0.15, 0.2) is 0 Å². The summed E-state index contributed by atoms with van der Waals surface area (Å²) in [5.41, 5.74) is -0.772. The summed E-state index contributed by atoms with van der Waals surface area (Å²) < 4.78 is 46.5. The SMILES string of the molecule is C#Cc1csc2cncc(CC(C#N)NC(=O)[C@H]3N(C(=O)[C@@H](NC(=O)C(F)(F)F)[C@@H](C)OC(C)(C)C)CC45CC34C5(C)C)c12. The predicted molar refractivity (Wildman–Crippen MR) is 156 cm³/mol. The van der Waals surface area contributed by atoms with Crippen molar-refractivity contribution < 1.29 is 32.3 Å². The first kappa shape index (κ1) is 31.7. The van der Waals surface area contributed by atoms with Crippen molar-refractivity contribution in [2.24, 2.45) is 16.2 Å². The summed E-state index contributed by atoms with van der Waals surface area (Å²) >= 11 is 1.42. The number of carbonyl (C=O) groups is 3. The number of terminal acetylenes is 1. The number of nitrogens with one attached hydrogen (secondary N) is 2. The Bertz CT molecular complexity index is 1630. The van der Waals surface area contributed by atoms with Gasteiger partial charge in [-0.05, 0) is 45.1 Å². The highest BCUT2D eigenvalue weighted by molar-refractivity contribution is 7.17. The van der Waals surface area contributed by atoms with Gasteiger partial charge in [0.2, 0.25) is 11.8 Å². The number of halogens is 3. The Labute approximate surface area is 257 Å².